The smallest absolute Gasteiger partial charge is 0.388 e. The second-order valence-electron chi connectivity index (χ2n) is 5.11. The van der Waals surface area contributed by atoms with Gasteiger partial charge < -0.3 is 10.4 Å². The van der Waals surface area contributed by atoms with Crippen molar-refractivity contribution in [2.24, 2.45) is 0 Å². The van der Waals surface area contributed by atoms with E-state index in [9.17, 15) is 23.1 Å². The van der Waals surface area contributed by atoms with E-state index in [4.69, 9.17) is 0 Å². The van der Waals surface area contributed by atoms with Crippen molar-refractivity contribution in [3.05, 3.63) is 71.3 Å². The van der Waals surface area contributed by atoms with Gasteiger partial charge in [0.2, 0.25) is 5.91 Å². The summed E-state index contributed by atoms with van der Waals surface area (Å²) in [5.74, 6) is -0.432. The molecule has 0 aromatic heterocycles. The number of hydrogen-bond donors (Lipinski definition) is 2. The molecule has 2 aromatic carbocycles. The highest BCUT2D eigenvalue weighted by molar-refractivity contribution is 5.76. The molecule has 0 spiro atoms. The fourth-order valence-electron chi connectivity index (χ4n) is 2.10. The molecule has 0 saturated carbocycles. The maximum Gasteiger partial charge on any atom is 0.416 e. The van der Waals surface area contributed by atoms with Crippen molar-refractivity contribution in [2.75, 3.05) is 0 Å². The third-order valence-corrected chi connectivity index (χ3v) is 3.31. The summed E-state index contributed by atoms with van der Waals surface area (Å²) in [5, 5.41) is 12.4. The Morgan fingerprint density at radius 1 is 1.09 bits per heavy atom. The zero-order valence-electron chi connectivity index (χ0n) is 12.2. The summed E-state index contributed by atoms with van der Waals surface area (Å²) >= 11 is 0. The van der Waals surface area contributed by atoms with Crippen LogP contribution in [0.5, 0.6) is 0 Å². The quantitative estimate of drug-likeness (QED) is 0.885. The lowest BCUT2D eigenvalue weighted by Crippen LogP contribution is -2.24. The average Bonchev–Trinajstić information content (AvgIpc) is 2.53. The molecule has 6 heteroatoms. The first-order chi connectivity index (χ1) is 10.9. The van der Waals surface area contributed by atoms with Gasteiger partial charge in [0.25, 0.3) is 0 Å². The van der Waals surface area contributed by atoms with Gasteiger partial charge in [0, 0.05) is 6.54 Å². The van der Waals surface area contributed by atoms with Crippen molar-refractivity contribution in [3.63, 3.8) is 0 Å². The maximum atomic E-state index is 12.6. The molecule has 0 heterocycles. The highest BCUT2D eigenvalue weighted by atomic mass is 19.4. The number of carbonyl (C=O) groups is 1. The molecule has 2 N–H and O–H groups in total. The molecule has 1 unspecified atom stereocenters. The van der Waals surface area contributed by atoms with E-state index in [1.54, 1.807) is 30.3 Å². The monoisotopic (exact) mass is 323 g/mol. The van der Waals surface area contributed by atoms with Crippen molar-refractivity contribution in [2.45, 2.75) is 25.2 Å². The van der Waals surface area contributed by atoms with Crippen molar-refractivity contribution >= 4 is 5.91 Å². The molecule has 0 fully saturated rings. The molecule has 0 saturated heterocycles. The zero-order valence-corrected chi connectivity index (χ0v) is 12.2. The predicted octanol–water partition coefficient (Wildman–Crippen LogP) is 3.45. The normalized spacial score (nSPS) is 12.7. The highest BCUT2D eigenvalue weighted by Gasteiger charge is 2.30. The summed E-state index contributed by atoms with van der Waals surface area (Å²) < 4.78 is 37.8. The van der Waals surface area contributed by atoms with Crippen LogP contribution in [0.4, 0.5) is 13.2 Å². The SMILES string of the molecule is O=C(CC(O)c1ccccc1)NCc1cccc(C(F)(F)F)c1. The van der Waals surface area contributed by atoms with Gasteiger partial charge in [-0.05, 0) is 23.3 Å². The number of halogens is 3. The van der Waals surface area contributed by atoms with Crippen LogP contribution in [-0.4, -0.2) is 11.0 Å². The van der Waals surface area contributed by atoms with Gasteiger partial charge in [0.15, 0.2) is 0 Å². The van der Waals surface area contributed by atoms with E-state index in [0.29, 0.717) is 11.1 Å². The Balaban J connectivity index is 1.90. The number of aliphatic hydroxyl groups is 1. The number of rotatable bonds is 5. The number of amides is 1. The van der Waals surface area contributed by atoms with Gasteiger partial charge in [-0.3, -0.25) is 4.79 Å². The summed E-state index contributed by atoms with van der Waals surface area (Å²) in [6.45, 7) is -0.0235. The summed E-state index contributed by atoms with van der Waals surface area (Å²) in [6, 6.07) is 13.5. The molecule has 0 bridgehead atoms. The number of carbonyl (C=O) groups excluding carboxylic acids is 1. The summed E-state index contributed by atoms with van der Waals surface area (Å²) in [7, 11) is 0. The minimum Gasteiger partial charge on any atom is -0.388 e. The molecule has 0 radical (unpaired) electrons. The Kier molecular flexibility index (Phi) is 5.39. The van der Waals surface area contributed by atoms with Gasteiger partial charge in [0.05, 0.1) is 18.1 Å². The molecule has 2 rings (SSSR count). The number of alkyl halides is 3. The van der Waals surface area contributed by atoms with Crippen molar-refractivity contribution in [1.29, 1.82) is 0 Å². The third-order valence-electron chi connectivity index (χ3n) is 3.31. The van der Waals surface area contributed by atoms with Gasteiger partial charge in [-0.2, -0.15) is 13.2 Å². The van der Waals surface area contributed by atoms with Gasteiger partial charge in [-0.15, -0.1) is 0 Å². The van der Waals surface area contributed by atoms with E-state index >= 15 is 0 Å². The predicted molar refractivity (Wildman–Crippen MR) is 79.3 cm³/mol. The molecule has 3 nitrogen and oxygen atoms in total. The summed E-state index contributed by atoms with van der Waals surface area (Å²) in [5.41, 5.74) is 0.206. The fraction of sp³-hybridized carbons (Fsp3) is 0.235. The Hall–Kier alpha value is -2.34. The van der Waals surface area contributed by atoms with Crippen LogP contribution in [0.25, 0.3) is 0 Å². The van der Waals surface area contributed by atoms with Gasteiger partial charge in [-0.25, -0.2) is 0 Å². The van der Waals surface area contributed by atoms with Crippen molar-refractivity contribution < 1.29 is 23.1 Å². The minimum atomic E-state index is -4.41. The number of hydrogen-bond acceptors (Lipinski definition) is 2. The van der Waals surface area contributed by atoms with Crippen LogP contribution in [0.3, 0.4) is 0 Å². The number of benzene rings is 2. The second kappa shape index (κ2) is 7.28. The van der Waals surface area contributed by atoms with Crippen LogP contribution in [0.2, 0.25) is 0 Å². The van der Waals surface area contributed by atoms with Crippen LogP contribution in [0.1, 0.15) is 29.2 Å². The molecule has 0 aliphatic carbocycles. The molecule has 2 aromatic rings. The molecule has 1 amide bonds. The molecule has 122 valence electrons. The molecular weight excluding hydrogens is 307 g/mol. The standard InChI is InChI=1S/C17H16F3NO2/c18-17(19,20)14-8-4-5-12(9-14)11-21-16(23)10-15(22)13-6-2-1-3-7-13/h1-9,15,22H,10-11H2,(H,21,23). The van der Waals surface area contributed by atoms with E-state index in [1.165, 1.54) is 12.1 Å². The number of nitrogens with one attached hydrogen (secondary N) is 1. The Labute approximate surface area is 131 Å². The lowest BCUT2D eigenvalue weighted by molar-refractivity contribution is -0.137. The molecule has 0 aliphatic rings. The first-order valence-corrected chi connectivity index (χ1v) is 7.02. The van der Waals surface area contributed by atoms with Crippen LogP contribution < -0.4 is 5.32 Å². The lowest BCUT2D eigenvalue weighted by atomic mass is 10.1. The van der Waals surface area contributed by atoms with Gasteiger partial charge >= 0.3 is 6.18 Å². The van der Waals surface area contributed by atoms with Crippen LogP contribution in [-0.2, 0) is 17.5 Å². The Morgan fingerprint density at radius 3 is 2.43 bits per heavy atom. The molecular formula is C17H16F3NO2. The zero-order chi connectivity index (χ0) is 16.9. The molecule has 1 atom stereocenters. The second-order valence-corrected chi connectivity index (χ2v) is 5.11. The van der Waals surface area contributed by atoms with E-state index < -0.39 is 23.8 Å². The van der Waals surface area contributed by atoms with E-state index in [1.807, 2.05) is 0 Å². The van der Waals surface area contributed by atoms with Crippen molar-refractivity contribution in [3.8, 4) is 0 Å². The van der Waals surface area contributed by atoms with Gasteiger partial charge in [0.1, 0.15) is 0 Å². The van der Waals surface area contributed by atoms with Crippen LogP contribution in [0, 0.1) is 0 Å². The van der Waals surface area contributed by atoms with E-state index in [0.717, 1.165) is 12.1 Å². The van der Waals surface area contributed by atoms with E-state index in [2.05, 4.69) is 5.32 Å². The third kappa shape index (κ3) is 5.10. The topological polar surface area (TPSA) is 49.3 Å². The maximum absolute atomic E-state index is 12.6. The molecule has 0 aliphatic heterocycles. The van der Waals surface area contributed by atoms with Crippen LogP contribution in [0.15, 0.2) is 54.6 Å². The van der Waals surface area contributed by atoms with E-state index in [-0.39, 0.29) is 13.0 Å². The van der Waals surface area contributed by atoms with Gasteiger partial charge in [-0.1, -0.05) is 42.5 Å². The Bertz CT molecular complexity index is 656. The number of aliphatic hydroxyl groups excluding tert-OH is 1. The minimum absolute atomic E-state index is 0.0235. The lowest BCUT2D eigenvalue weighted by Gasteiger charge is -2.12. The summed E-state index contributed by atoms with van der Waals surface area (Å²) in [6.07, 6.45) is -5.51. The largest absolute Gasteiger partial charge is 0.416 e. The first-order valence-electron chi connectivity index (χ1n) is 7.02. The molecule has 23 heavy (non-hydrogen) atoms. The average molecular weight is 323 g/mol. The highest BCUT2D eigenvalue weighted by Crippen LogP contribution is 2.29. The summed E-state index contributed by atoms with van der Waals surface area (Å²) in [4.78, 5) is 11.8. The Morgan fingerprint density at radius 2 is 1.78 bits per heavy atom. The van der Waals surface area contributed by atoms with Crippen molar-refractivity contribution in [1.82, 2.24) is 5.32 Å². The fourth-order valence-corrected chi connectivity index (χ4v) is 2.10. The first kappa shape index (κ1) is 17.0. The van der Waals surface area contributed by atoms with Crippen LogP contribution >= 0.6 is 0 Å².